The fraction of sp³-hybridized carbons (Fsp3) is 0.353. The van der Waals surface area contributed by atoms with Gasteiger partial charge < -0.3 is 14.9 Å². The molecule has 0 saturated heterocycles. The first-order chi connectivity index (χ1) is 11.4. The predicted octanol–water partition coefficient (Wildman–Crippen LogP) is 2.81. The van der Waals surface area contributed by atoms with Crippen molar-refractivity contribution in [3.63, 3.8) is 0 Å². The van der Waals surface area contributed by atoms with Crippen molar-refractivity contribution in [2.75, 3.05) is 0 Å². The van der Waals surface area contributed by atoms with Crippen LogP contribution in [0.15, 0.2) is 34.9 Å². The summed E-state index contributed by atoms with van der Waals surface area (Å²) in [5.41, 5.74) is -0.821. The number of carbonyl (C=O) groups excluding carboxylic acids is 1. The number of hydrogen-bond donors (Lipinski definition) is 2. The summed E-state index contributed by atoms with van der Waals surface area (Å²) in [6, 6.07) is 7.08. The second-order valence-corrected chi connectivity index (χ2v) is 6.26. The topological polar surface area (TPSA) is 92.4 Å². The molecule has 0 bridgehead atoms. The number of hydrogen-bond acceptors (Lipinski definition) is 4. The molecule has 0 aliphatic heterocycles. The lowest BCUT2D eigenvalue weighted by molar-refractivity contribution is -0.138. The molecule has 1 atom stereocenters. The fourth-order valence-electron chi connectivity index (χ4n) is 2.62. The van der Waals surface area contributed by atoms with Crippen LogP contribution in [0.2, 0.25) is 0 Å². The smallest absolute Gasteiger partial charge is 0.306 e. The molecule has 1 unspecified atom stereocenters. The third kappa shape index (κ3) is 3.45. The number of halogens is 1. The summed E-state index contributed by atoms with van der Waals surface area (Å²) in [5.74, 6) is -1.20. The number of aliphatic carboxylic acids is 1. The summed E-state index contributed by atoms with van der Waals surface area (Å²) in [4.78, 5) is 23.6. The minimum Gasteiger partial charge on any atom is -0.481 e. The Bertz CT molecular complexity index is 784. The number of carboxylic acids is 1. The molecule has 7 heteroatoms. The molecule has 1 heterocycles. The number of carbonyl (C=O) groups is 2. The molecule has 1 aliphatic rings. The van der Waals surface area contributed by atoms with Crippen LogP contribution in [0.25, 0.3) is 0 Å². The van der Waals surface area contributed by atoms with Crippen LogP contribution in [0.5, 0.6) is 0 Å². The normalized spacial score (nSPS) is 16.4. The number of rotatable bonds is 6. The van der Waals surface area contributed by atoms with Crippen LogP contribution in [0, 0.1) is 5.82 Å². The van der Waals surface area contributed by atoms with Gasteiger partial charge >= 0.3 is 5.97 Å². The zero-order valence-electron chi connectivity index (χ0n) is 13.1. The summed E-state index contributed by atoms with van der Waals surface area (Å²) in [6.45, 7) is 1.54. The van der Waals surface area contributed by atoms with Gasteiger partial charge in [-0.05, 0) is 37.5 Å². The second-order valence-electron chi connectivity index (χ2n) is 6.26. The maximum absolute atomic E-state index is 13.5. The molecule has 1 aromatic carbocycles. The Morgan fingerprint density at radius 2 is 2.17 bits per heavy atom. The van der Waals surface area contributed by atoms with E-state index in [1.54, 1.807) is 12.1 Å². The van der Waals surface area contributed by atoms with Crippen LogP contribution in [0.1, 0.15) is 53.9 Å². The Hall–Kier alpha value is -2.70. The van der Waals surface area contributed by atoms with Gasteiger partial charge in [-0.15, -0.1) is 0 Å². The molecule has 24 heavy (non-hydrogen) atoms. The van der Waals surface area contributed by atoms with Crippen molar-refractivity contribution in [1.82, 2.24) is 10.5 Å². The van der Waals surface area contributed by atoms with Gasteiger partial charge in [0.15, 0.2) is 5.69 Å². The number of aromatic nitrogens is 1. The number of nitrogens with one attached hydrogen (secondary N) is 1. The summed E-state index contributed by atoms with van der Waals surface area (Å²) in [5, 5.41) is 15.6. The lowest BCUT2D eigenvalue weighted by Crippen LogP contribution is -2.45. The number of nitrogens with zero attached hydrogens (tertiary/aromatic N) is 1. The van der Waals surface area contributed by atoms with E-state index in [0.717, 1.165) is 12.8 Å². The zero-order valence-corrected chi connectivity index (χ0v) is 13.1. The van der Waals surface area contributed by atoms with Crippen molar-refractivity contribution < 1.29 is 23.6 Å². The molecule has 1 fully saturated rings. The van der Waals surface area contributed by atoms with Gasteiger partial charge in [-0.25, -0.2) is 4.39 Å². The average molecular weight is 332 g/mol. The van der Waals surface area contributed by atoms with E-state index in [9.17, 15) is 14.0 Å². The molecule has 126 valence electrons. The van der Waals surface area contributed by atoms with Crippen LogP contribution >= 0.6 is 0 Å². The first-order valence-corrected chi connectivity index (χ1v) is 7.64. The molecular formula is C17H17FN2O4. The first kappa shape index (κ1) is 16.2. The highest BCUT2D eigenvalue weighted by Gasteiger charge is 2.34. The Labute approximate surface area is 137 Å². The van der Waals surface area contributed by atoms with Crippen LogP contribution in [0.4, 0.5) is 4.39 Å². The highest BCUT2D eigenvalue weighted by atomic mass is 19.1. The van der Waals surface area contributed by atoms with Gasteiger partial charge in [0.2, 0.25) is 0 Å². The molecule has 1 saturated carbocycles. The monoisotopic (exact) mass is 332 g/mol. The van der Waals surface area contributed by atoms with Crippen LogP contribution in [0.3, 0.4) is 0 Å². The lowest BCUT2D eigenvalue weighted by atomic mass is 9.88. The maximum Gasteiger partial charge on any atom is 0.306 e. The van der Waals surface area contributed by atoms with Gasteiger partial charge in [0, 0.05) is 12.0 Å². The van der Waals surface area contributed by atoms with E-state index in [0.29, 0.717) is 17.2 Å². The van der Waals surface area contributed by atoms with Gasteiger partial charge in [-0.1, -0.05) is 17.3 Å². The van der Waals surface area contributed by atoms with Gasteiger partial charge in [-0.2, -0.15) is 0 Å². The van der Waals surface area contributed by atoms with Gasteiger partial charge in [0.05, 0.1) is 12.0 Å². The molecule has 1 aromatic heterocycles. The maximum atomic E-state index is 13.5. The minimum atomic E-state index is -1.27. The summed E-state index contributed by atoms with van der Waals surface area (Å²) >= 11 is 0. The summed E-state index contributed by atoms with van der Waals surface area (Å²) in [6.07, 6.45) is 1.63. The van der Waals surface area contributed by atoms with Crippen LogP contribution in [-0.2, 0) is 10.3 Å². The zero-order chi connectivity index (χ0) is 17.3. The Morgan fingerprint density at radius 3 is 2.79 bits per heavy atom. The first-order valence-electron chi connectivity index (χ1n) is 7.64. The van der Waals surface area contributed by atoms with Gasteiger partial charge in [0.25, 0.3) is 5.91 Å². The van der Waals surface area contributed by atoms with Crippen LogP contribution in [-0.4, -0.2) is 22.1 Å². The molecule has 2 N–H and O–H groups in total. The van der Waals surface area contributed by atoms with E-state index >= 15 is 0 Å². The molecule has 2 aromatic rings. The van der Waals surface area contributed by atoms with E-state index in [4.69, 9.17) is 9.63 Å². The molecule has 1 aliphatic carbocycles. The van der Waals surface area contributed by atoms with Crippen molar-refractivity contribution in [2.24, 2.45) is 0 Å². The largest absolute Gasteiger partial charge is 0.481 e. The van der Waals surface area contributed by atoms with Crippen molar-refractivity contribution >= 4 is 11.9 Å². The fourth-order valence-corrected chi connectivity index (χ4v) is 2.62. The number of benzene rings is 1. The number of carboxylic acid groups (broad SMARTS) is 1. The molecule has 1 amide bonds. The predicted molar refractivity (Wildman–Crippen MR) is 81.9 cm³/mol. The third-order valence-electron chi connectivity index (χ3n) is 4.10. The second kappa shape index (κ2) is 6.07. The SMILES string of the molecule is CC(CC(=O)O)(NC(=O)c1cc(C2CC2)on1)c1cccc(F)c1. The van der Waals surface area contributed by atoms with E-state index in [2.05, 4.69) is 10.5 Å². The van der Waals surface area contributed by atoms with E-state index in [1.807, 2.05) is 0 Å². The highest BCUT2D eigenvalue weighted by molar-refractivity contribution is 5.93. The summed E-state index contributed by atoms with van der Waals surface area (Å²) in [7, 11) is 0. The minimum absolute atomic E-state index is 0.0879. The number of amides is 1. The molecule has 6 nitrogen and oxygen atoms in total. The highest BCUT2D eigenvalue weighted by Crippen LogP contribution is 2.40. The quantitative estimate of drug-likeness (QED) is 0.848. The van der Waals surface area contributed by atoms with E-state index < -0.39 is 29.7 Å². The summed E-state index contributed by atoms with van der Waals surface area (Å²) < 4.78 is 18.6. The van der Waals surface area contributed by atoms with Crippen molar-refractivity contribution in [3.8, 4) is 0 Å². The average Bonchev–Trinajstić information content (AvgIpc) is 3.23. The molecule has 0 spiro atoms. The van der Waals surface area contributed by atoms with Gasteiger partial charge in [-0.3, -0.25) is 9.59 Å². The van der Waals surface area contributed by atoms with Crippen molar-refractivity contribution in [3.05, 3.63) is 53.2 Å². The van der Waals surface area contributed by atoms with Crippen LogP contribution < -0.4 is 5.32 Å². The molecule has 0 radical (unpaired) electrons. The molecule has 3 rings (SSSR count). The van der Waals surface area contributed by atoms with E-state index in [-0.39, 0.29) is 5.69 Å². The Kier molecular flexibility index (Phi) is 4.09. The third-order valence-corrected chi connectivity index (χ3v) is 4.10. The lowest BCUT2D eigenvalue weighted by Gasteiger charge is -2.29. The van der Waals surface area contributed by atoms with Gasteiger partial charge in [0.1, 0.15) is 11.6 Å². The Morgan fingerprint density at radius 1 is 1.42 bits per heavy atom. The Balaban J connectivity index is 1.85. The molecular weight excluding hydrogens is 315 g/mol. The van der Waals surface area contributed by atoms with Crippen molar-refractivity contribution in [2.45, 2.75) is 37.6 Å². The standard InChI is InChI=1S/C17H17FN2O4/c1-17(9-15(21)22,11-3-2-4-12(18)7-11)19-16(23)13-8-14(24-20-13)10-5-6-10/h2-4,7-8,10H,5-6,9H2,1H3,(H,19,23)(H,21,22). The van der Waals surface area contributed by atoms with E-state index in [1.165, 1.54) is 25.1 Å². The van der Waals surface area contributed by atoms with Crippen molar-refractivity contribution in [1.29, 1.82) is 0 Å².